The fourth-order valence-electron chi connectivity index (χ4n) is 2.74. The lowest BCUT2D eigenvalue weighted by atomic mass is 10.1. The molecule has 1 atom stereocenters. The Hall–Kier alpha value is -2.15. The van der Waals surface area contributed by atoms with Crippen LogP contribution < -0.4 is 0 Å². The molecular formula is C14H19N5O2. The zero-order valence-corrected chi connectivity index (χ0v) is 12.5. The average molecular weight is 289 g/mol. The molecule has 7 nitrogen and oxygen atoms in total. The van der Waals surface area contributed by atoms with Gasteiger partial charge in [-0.1, -0.05) is 0 Å². The van der Waals surface area contributed by atoms with Gasteiger partial charge in [0.1, 0.15) is 0 Å². The highest BCUT2D eigenvalue weighted by Crippen LogP contribution is 2.27. The molecule has 0 radical (unpaired) electrons. The number of rotatable bonds is 2. The molecule has 1 fully saturated rings. The van der Waals surface area contributed by atoms with Crippen molar-refractivity contribution in [2.24, 2.45) is 7.05 Å². The number of aromatic nitrogens is 4. The standard InChI is InChI=1S/C14H19N5O2/c1-9-6-15-16-13(9)12-8-21-5-4-19(12)14(20)11-7-18(3)17-10(11)2/h6-7,12H,4-5,8H2,1-3H3,(H,15,16). The minimum absolute atomic E-state index is 0.0112. The van der Waals surface area contributed by atoms with E-state index >= 15 is 0 Å². The zero-order valence-electron chi connectivity index (χ0n) is 12.5. The first-order valence-corrected chi connectivity index (χ1v) is 6.96. The number of H-pyrrole nitrogens is 1. The third-order valence-electron chi connectivity index (χ3n) is 3.83. The largest absolute Gasteiger partial charge is 0.377 e. The summed E-state index contributed by atoms with van der Waals surface area (Å²) in [6, 6.07) is -0.131. The van der Waals surface area contributed by atoms with Crippen molar-refractivity contribution in [3.05, 3.63) is 34.9 Å². The monoisotopic (exact) mass is 289 g/mol. The molecule has 21 heavy (non-hydrogen) atoms. The first kappa shape index (κ1) is 13.8. The molecule has 1 unspecified atom stereocenters. The van der Waals surface area contributed by atoms with Gasteiger partial charge in [-0.3, -0.25) is 14.6 Å². The Labute approximate surface area is 122 Å². The molecule has 1 amide bonds. The van der Waals surface area contributed by atoms with Crippen molar-refractivity contribution in [2.75, 3.05) is 19.8 Å². The molecule has 3 heterocycles. The summed E-state index contributed by atoms with van der Waals surface area (Å²) in [5.74, 6) is -0.0112. The molecule has 1 saturated heterocycles. The Bertz CT molecular complexity index is 660. The van der Waals surface area contributed by atoms with Crippen LogP contribution in [0.1, 0.15) is 33.4 Å². The van der Waals surface area contributed by atoms with Crippen LogP contribution in [0.25, 0.3) is 0 Å². The minimum atomic E-state index is -0.131. The molecule has 7 heteroatoms. The van der Waals surface area contributed by atoms with Gasteiger partial charge in [-0.15, -0.1) is 0 Å². The number of amides is 1. The van der Waals surface area contributed by atoms with Gasteiger partial charge in [0.05, 0.1) is 42.4 Å². The normalized spacial score (nSPS) is 19.0. The molecule has 2 aromatic heterocycles. The van der Waals surface area contributed by atoms with Crippen LogP contribution in [0.4, 0.5) is 0 Å². The first-order chi connectivity index (χ1) is 10.1. The van der Waals surface area contributed by atoms with Crippen LogP contribution in [-0.2, 0) is 11.8 Å². The van der Waals surface area contributed by atoms with Crippen LogP contribution in [0.5, 0.6) is 0 Å². The van der Waals surface area contributed by atoms with E-state index in [2.05, 4.69) is 15.3 Å². The summed E-state index contributed by atoms with van der Waals surface area (Å²) in [5, 5.41) is 11.3. The Morgan fingerprint density at radius 2 is 2.29 bits per heavy atom. The van der Waals surface area contributed by atoms with Gasteiger partial charge in [0.15, 0.2) is 0 Å². The molecule has 1 aliphatic heterocycles. The van der Waals surface area contributed by atoms with Crippen LogP contribution in [0, 0.1) is 13.8 Å². The van der Waals surface area contributed by atoms with Crippen molar-refractivity contribution in [1.82, 2.24) is 24.9 Å². The lowest BCUT2D eigenvalue weighted by Crippen LogP contribution is -2.44. The lowest BCUT2D eigenvalue weighted by molar-refractivity contribution is -0.00411. The van der Waals surface area contributed by atoms with Crippen molar-refractivity contribution >= 4 is 5.91 Å². The molecule has 0 saturated carbocycles. The number of aryl methyl sites for hydroxylation is 3. The van der Waals surface area contributed by atoms with E-state index < -0.39 is 0 Å². The SMILES string of the molecule is Cc1cn[nH]c1C1COCCN1C(=O)c1cn(C)nc1C. The summed E-state index contributed by atoms with van der Waals surface area (Å²) in [7, 11) is 1.82. The summed E-state index contributed by atoms with van der Waals surface area (Å²) in [4.78, 5) is 14.7. The van der Waals surface area contributed by atoms with E-state index in [1.54, 1.807) is 17.1 Å². The Balaban J connectivity index is 1.93. The number of aromatic amines is 1. The summed E-state index contributed by atoms with van der Waals surface area (Å²) in [5.41, 5.74) is 3.35. The van der Waals surface area contributed by atoms with Crippen LogP contribution in [-0.4, -0.2) is 50.5 Å². The summed E-state index contributed by atoms with van der Waals surface area (Å²) in [6.45, 7) is 5.43. The number of carbonyl (C=O) groups is 1. The van der Waals surface area contributed by atoms with Crippen LogP contribution in [0.2, 0.25) is 0 Å². The molecule has 0 bridgehead atoms. The summed E-state index contributed by atoms with van der Waals surface area (Å²) >= 11 is 0. The highest BCUT2D eigenvalue weighted by atomic mass is 16.5. The average Bonchev–Trinajstić information content (AvgIpc) is 3.03. The van der Waals surface area contributed by atoms with Gasteiger partial charge in [-0.05, 0) is 19.4 Å². The van der Waals surface area contributed by atoms with E-state index in [0.29, 0.717) is 25.3 Å². The van der Waals surface area contributed by atoms with Gasteiger partial charge in [0.25, 0.3) is 5.91 Å². The van der Waals surface area contributed by atoms with E-state index in [-0.39, 0.29) is 11.9 Å². The Morgan fingerprint density at radius 3 is 2.90 bits per heavy atom. The second-order valence-corrected chi connectivity index (χ2v) is 5.36. The van der Waals surface area contributed by atoms with Crippen molar-refractivity contribution in [3.8, 4) is 0 Å². The third kappa shape index (κ3) is 2.44. The predicted molar refractivity (Wildman–Crippen MR) is 75.9 cm³/mol. The predicted octanol–water partition coefficient (Wildman–Crippen LogP) is 0.974. The topological polar surface area (TPSA) is 76.0 Å². The number of nitrogens with zero attached hydrogens (tertiary/aromatic N) is 4. The molecule has 3 rings (SSSR count). The maximum atomic E-state index is 12.8. The third-order valence-corrected chi connectivity index (χ3v) is 3.83. The van der Waals surface area contributed by atoms with Crippen molar-refractivity contribution in [3.63, 3.8) is 0 Å². The summed E-state index contributed by atoms with van der Waals surface area (Å²) in [6.07, 6.45) is 3.53. The summed E-state index contributed by atoms with van der Waals surface area (Å²) < 4.78 is 7.22. The first-order valence-electron chi connectivity index (χ1n) is 6.96. The van der Waals surface area contributed by atoms with Crippen molar-refractivity contribution < 1.29 is 9.53 Å². The van der Waals surface area contributed by atoms with Crippen LogP contribution in [0.15, 0.2) is 12.4 Å². The highest BCUT2D eigenvalue weighted by molar-refractivity contribution is 5.95. The number of hydrogen-bond donors (Lipinski definition) is 1. The fourth-order valence-corrected chi connectivity index (χ4v) is 2.74. The van der Waals surface area contributed by atoms with Gasteiger partial charge < -0.3 is 9.64 Å². The smallest absolute Gasteiger partial charge is 0.258 e. The highest BCUT2D eigenvalue weighted by Gasteiger charge is 2.32. The maximum absolute atomic E-state index is 12.8. The van der Waals surface area contributed by atoms with Crippen molar-refractivity contribution in [2.45, 2.75) is 19.9 Å². The zero-order chi connectivity index (χ0) is 15.0. The van der Waals surface area contributed by atoms with Crippen LogP contribution in [0.3, 0.4) is 0 Å². The number of carbonyl (C=O) groups excluding carboxylic acids is 1. The number of nitrogens with one attached hydrogen (secondary N) is 1. The lowest BCUT2D eigenvalue weighted by Gasteiger charge is -2.35. The van der Waals surface area contributed by atoms with E-state index in [1.165, 1.54) is 0 Å². The van der Waals surface area contributed by atoms with E-state index in [9.17, 15) is 4.79 Å². The van der Waals surface area contributed by atoms with Gasteiger partial charge in [0.2, 0.25) is 0 Å². The molecule has 1 N–H and O–H groups in total. The van der Waals surface area contributed by atoms with Gasteiger partial charge in [-0.2, -0.15) is 10.2 Å². The van der Waals surface area contributed by atoms with Crippen molar-refractivity contribution in [1.29, 1.82) is 0 Å². The molecule has 0 spiro atoms. The molecule has 2 aromatic rings. The Morgan fingerprint density at radius 1 is 1.48 bits per heavy atom. The molecular weight excluding hydrogens is 270 g/mol. The quantitative estimate of drug-likeness (QED) is 0.894. The van der Waals surface area contributed by atoms with E-state index in [0.717, 1.165) is 17.0 Å². The number of hydrogen-bond acceptors (Lipinski definition) is 4. The van der Waals surface area contributed by atoms with Gasteiger partial charge >= 0.3 is 0 Å². The fraction of sp³-hybridized carbons (Fsp3) is 0.500. The van der Waals surface area contributed by atoms with Crippen LogP contribution >= 0.6 is 0 Å². The molecule has 1 aliphatic rings. The molecule has 0 aromatic carbocycles. The number of ether oxygens (including phenoxy) is 1. The molecule has 112 valence electrons. The Kier molecular flexibility index (Phi) is 3.50. The number of morpholine rings is 1. The second-order valence-electron chi connectivity index (χ2n) is 5.36. The second kappa shape index (κ2) is 5.33. The van der Waals surface area contributed by atoms with E-state index in [1.807, 2.05) is 25.8 Å². The van der Waals surface area contributed by atoms with Gasteiger partial charge in [0, 0.05) is 19.8 Å². The van der Waals surface area contributed by atoms with Gasteiger partial charge in [-0.25, -0.2) is 0 Å². The maximum Gasteiger partial charge on any atom is 0.258 e. The minimum Gasteiger partial charge on any atom is -0.377 e. The van der Waals surface area contributed by atoms with E-state index in [4.69, 9.17) is 4.74 Å². The molecule has 0 aliphatic carbocycles.